The minimum atomic E-state index is -1.79. The minimum Gasteiger partial charge on any atom is -0.391 e. The van der Waals surface area contributed by atoms with E-state index in [4.69, 9.17) is 45.0 Å². The van der Waals surface area contributed by atoms with Gasteiger partial charge >= 0.3 is 0 Å². The number of nitrogens with one attached hydrogen (secondary N) is 5. The first-order valence-corrected chi connectivity index (χ1v) is 17.4. The van der Waals surface area contributed by atoms with Gasteiger partial charge in [-0.1, -0.05) is 35.9 Å². The number of halogens is 1. The maximum absolute atomic E-state index is 13.3. The van der Waals surface area contributed by atoms with E-state index in [1.165, 1.54) is 6.92 Å². The highest BCUT2D eigenvalue weighted by Gasteiger charge is 2.51. The Bertz CT molecular complexity index is 1660. The summed E-state index contributed by atoms with van der Waals surface area (Å²) in [6.45, 7) is 1.46. The predicted molar refractivity (Wildman–Crippen MR) is 195 cm³/mol. The lowest BCUT2D eigenvalue weighted by atomic mass is 10.0. The van der Waals surface area contributed by atoms with Crippen molar-refractivity contribution in [2.24, 2.45) is 28.7 Å². The number of carbonyl (C=O) groups is 7. The van der Waals surface area contributed by atoms with Gasteiger partial charge in [0, 0.05) is 10.6 Å². The number of aliphatic hydroxyl groups excluding tert-OH is 1. The van der Waals surface area contributed by atoms with E-state index >= 15 is 0 Å². The van der Waals surface area contributed by atoms with Gasteiger partial charge in [0.2, 0.25) is 29.4 Å². The standard InChI is InChI=1S/C34H47ClN10O9/c1-16(46)23(43-31(50)22(13-15-37)41-30(49)19-7-5-17(6-8-19)18-9-11-20(35)12-10-18)33(52)45-28(39)34(53)42-21(4-2-3-14-36)32(51)44-27(38)24(47)25-26(54-25)29(40)48/h5-12,16,21-23,25-28,46H,2-4,13-15,36-39H2,1H3,(H2,40,48)(H,41,49)(H,42,53)(H,43,50)(H,44,51)(H,45,52). The van der Waals surface area contributed by atoms with Crippen LogP contribution in [0.3, 0.4) is 0 Å². The van der Waals surface area contributed by atoms with Crippen molar-refractivity contribution in [3.8, 4) is 11.1 Å². The van der Waals surface area contributed by atoms with E-state index in [0.717, 1.165) is 11.1 Å². The molecule has 0 aliphatic carbocycles. The molecule has 0 spiro atoms. The normalized spacial score (nSPS) is 18.1. The Morgan fingerprint density at radius 1 is 0.704 bits per heavy atom. The zero-order valence-corrected chi connectivity index (χ0v) is 30.2. The van der Waals surface area contributed by atoms with Gasteiger partial charge in [-0.2, -0.15) is 0 Å². The second-order valence-electron chi connectivity index (χ2n) is 12.5. The SMILES string of the molecule is CC(O)C(NC(=O)C(CCN)NC(=O)c1ccc(-c2ccc(Cl)cc2)cc1)C(=O)NC(N)C(=O)NC(CCCCN)C(=O)NC(N)C(=O)C1OC1C(N)=O. The number of Topliss-reactive ketones (excluding diaryl/α,β-unsaturated/α-hetero) is 1. The topological polar surface area (TPSA) is 342 Å². The quantitative estimate of drug-likeness (QED) is 0.0335. The summed E-state index contributed by atoms with van der Waals surface area (Å²) < 4.78 is 4.89. The van der Waals surface area contributed by atoms with Crippen molar-refractivity contribution in [3.63, 3.8) is 0 Å². The average molecular weight is 775 g/mol. The van der Waals surface area contributed by atoms with Crippen LogP contribution in [0.1, 0.15) is 43.0 Å². The molecule has 2 aromatic carbocycles. The molecule has 2 aromatic rings. The Morgan fingerprint density at radius 2 is 1.26 bits per heavy atom. The zero-order chi connectivity index (χ0) is 40.1. The van der Waals surface area contributed by atoms with Crippen molar-refractivity contribution in [2.75, 3.05) is 13.1 Å². The molecule has 8 atom stereocenters. The van der Waals surface area contributed by atoms with E-state index in [1.54, 1.807) is 36.4 Å². The van der Waals surface area contributed by atoms with Gasteiger partial charge in [-0.3, -0.25) is 33.6 Å². The van der Waals surface area contributed by atoms with Gasteiger partial charge in [-0.05, 0) is 81.1 Å². The first-order chi connectivity index (χ1) is 25.6. The van der Waals surface area contributed by atoms with Crippen LogP contribution in [0.25, 0.3) is 11.1 Å². The summed E-state index contributed by atoms with van der Waals surface area (Å²) in [5.74, 6) is -6.13. The van der Waals surface area contributed by atoms with Crippen LogP contribution in [0.4, 0.5) is 0 Å². The summed E-state index contributed by atoms with van der Waals surface area (Å²) in [4.78, 5) is 89.2. The number of unbranched alkanes of at least 4 members (excludes halogenated alkanes) is 1. The number of ether oxygens (including phenoxy) is 1. The highest BCUT2D eigenvalue weighted by atomic mass is 35.5. The third-order valence-electron chi connectivity index (χ3n) is 8.28. The maximum Gasteiger partial charge on any atom is 0.258 e. The molecule has 19 nitrogen and oxygen atoms in total. The maximum atomic E-state index is 13.3. The van der Waals surface area contributed by atoms with E-state index < -0.39 is 90.0 Å². The predicted octanol–water partition coefficient (Wildman–Crippen LogP) is -3.44. The first kappa shape index (κ1) is 43.4. The Morgan fingerprint density at radius 3 is 1.80 bits per heavy atom. The summed E-state index contributed by atoms with van der Waals surface area (Å²) >= 11 is 5.96. The van der Waals surface area contributed by atoms with Gasteiger partial charge in [0.05, 0.1) is 6.10 Å². The number of primary amides is 1. The molecule has 8 unspecified atom stereocenters. The van der Waals surface area contributed by atoms with Crippen LogP contribution >= 0.6 is 11.6 Å². The summed E-state index contributed by atoms with van der Waals surface area (Å²) in [6, 6.07) is 9.55. The molecule has 1 aliphatic rings. The van der Waals surface area contributed by atoms with Crippen LogP contribution < -0.4 is 55.3 Å². The lowest BCUT2D eigenvalue weighted by molar-refractivity contribution is -0.136. The van der Waals surface area contributed by atoms with Crippen LogP contribution in [0, 0.1) is 0 Å². The molecule has 6 amide bonds. The summed E-state index contributed by atoms with van der Waals surface area (Å²) in [5.41, 5.74) is 30.0. The minimum absolute atomic E-state index is 0.0220. The van der Waals surface area contributed by atoms with Gasteiger partial charge in [-0.25, -0.2) is 0 Å². The van der Waals surface area contributed by atoms with Crippen LogP contribution in [-0.2, 0) is 33.5 Å². The van der Waals surface area contributed by atoms with Crippen LogP contribution in [0.5, 0.6) is 0 Å². The lowest BCUT2D eigenvalue weighted by Crippen LogP contribution is -2.63. The number of nitrogens with two attached hydrogens (primary N) is 5. The fraction of sp³-hybridized carbons (Fsp3) is 0.441. The highest BCUT2D eigenvalue weighted by molar-refractivity contribution is 6.30. The fourth-order valence-electron chi connectivity index (χ4n) is 5.17. The average Bonchev–Trinajstić information content (AvgIpc) is 3.94. The van der Waals surface area contributed by atoms with Crippen LogP contribution in [0.15, 0.2) is 48.5 Å². The Labute approximate surface area is 315 Å². The van der Waals surface area contributed by atoms with Crippen molar-refractivity contribution in [1.82, 2.24) is 26.6 Å². The van der Waals surface area contributed by atoms with Gasteiger partial charge in [0.15, 0.2) is 18.4 Å². The number of amides is 6. The number of aliphatic hydroxyl groups is 1. The largest absolute Gasteiger partial charge is 0.391 e. The third-order valence-corrected chi connectivity index (χ3v) is 8.53. The second-order valence-corrected chi connectivity index (χ2v) is 13.0. The van der Waals surface area contributed by atoms with Crippen molar-refractivity contribution in [1.29, 1.82) is 0 Å². The monoisotopic (exact) mass is 774 g/mol. The Kier molecular flexibility index (Phi) is 16.4. The van der Waals surface area contributed by atoms with E-state index in [2.05, 4.69) is 26.6 Å². The lowest BCUT2D eigenvalue weighted by Gasteiger charge is -2.26. The van der Waals surface area contributed by atoms with Gasteiger partial charge in [0.1, 0.15) is 24.3 Å². The zero-order valence-electron chi connectivity index (χ0n) is 29.5. The number of hydrogen-bond donors (Lipinski definition) is 11. The highest BCUT2D eigenvalue weighted by Crippen LogP contribution is 2.23. The van der Waals surface area contributed by atoms with Crippen LogP contribution in [0.2, 0.25) is 5.02 Å². The molecule has 0 saturated carbocycles. The Hall–Kier alpha value is -5.02. The number of benzene rings is 2. The number of carbonyl (C=O) groups excluding carboxylic acids is 7. The summed E-state index contributed by atoms with van der Waals surface area (Å²) in [6.07, 6.45) is -6.42. The Balaban J connectivity index is 1.61. The van der Waals surface area contributed by atoms with E-state index in [1.807, 2.05) is 12.1 Å². The number of hydrogen-bond acceptors (Lipinski definition) is 13. The van der Waals surface area contributed by atoms with Gasteiger partial charge in [0.25, 0.3) is 11.8 Å². The van der Waals surface area contributed by atoms with Crippen molar-refractivity contribution in [3.05, 3.63) is 59.1 Å². The van der Waals surface area contributed by atoms with Gasteiger partial charge < -0.3 is 65.1 Å². The molecule has 0 radical (unpaired) electrons. The number of ketones is 1. The third kappa shape index (κ3) is 12.5. The smallest absolute Gasteiger partial charge is 0.258 e. The molecule has 54 heavy (non-hydrogen) atoms. The molecule has 20 heteroatoms. The summed E-state index contributed by atoms with van der Waals surface area (Å²) in [7, 11) is 0. The number of epoxide rings is 1. The molecular formula is C34H47ClN10O9. The molecule has 0 bridgehead atoms. The van der Waals surface area contributed by atoms with Crippen molar-refractivity contribution < 1.29 is 43.4 Å². The fourth-order valence-corrected chi connectivity index (χ4v) is 5.30. The van der Waals surface area contributed by atoms with E-state index in [9.17, 15) is 38.7 Å². The van der Waals surface area contributed by atoms with Crippen molar-refractivity contribution >= 4 is 52.8 Å². The molecule has 1 heterocycles. The van der Waals surface area contributed by atoms with Gasteiger partial charge in [-0.15, -0.1) is 0 Å². The first-order valence-electron chi connectivity index (χ1n) is 17.0. The van der Waals surface area contributed by atoms with E-state index in [-0.39, 0.29) is 31.5 Å². The molecule has 16 N–H and O–H groups in total. The van der Waals surface area contributed by atoms with Crippen LogP contribution in [-0.4, -0.2) is 108 Å². The molecule has 1 fully saturated rings. The van der Waals surface area contributed by atoms with E-state index in [0.29, 0.717) is 17.9 Å². The molecule has 1 saturated heterocycles. The van der Waals surface area contributed by atoms with Crippen molar-refractivity contribution in [2.45, 2.75) is 81.4 Å². The summed E-state index contributed by atoms with van der Waals surface area (Å²) in [5, 5.41) is 22.7. The molecule has 0 aromatic heterocycles. The molecular weight excluding hydrogens is 728 g/mol. The molecule has 1 aliphatic heterocycles. The number of rotatable bonds is 21. The molecule has 294 valence electrons. The second kappa shape index (κ2) is 20.4. The molecule has 3 rings (SSSR count).